The van der Waals surface area contributed by atoms with E-state index in [1.807, 2.05) is 52.0 Å². The number of alkyl halides is 6. The number of carbonyl (C=O) groups is 2. The molecule has 2 heterocycles. The third kappa shape index (κ3) is 8.83. The smallest absolute Gasteiger partial charge is 0.651 e. The monoisotopic (exact) mass is 635 g/mol. The van der Waals surface area contributed by atoms with Crippen LogP contribution in [0.5, 0.6) is 0 Å². The first kappa shape index (κ1) is 32.9. The van der Waals surface area contributed by atoms with Crippen LogP contribution in [0.2, 0.25) is 0 Å². The zero-order valence-electron chi connectivity index (χ0n) is 20.9. The van der Waals surface area contributed by atoms with Crippen molar-refractivity contribution in [1.29, 1.82) is 0 Å². The van der Waals surface area contributed by atoms with E-state index in [-0.39, 0.29) is 27.1 Å². The molecule has 2 aromatic rings. The van der Waals surface area contributed by atoms with Gasteiger partial charge in [0, 0.05) is 0 Å². The van der Waals surface area contributed by atoms with Gasteiger partial charge in [0.1, 0.15) is 0 Å². The van der Waals surface area contributed by atoms with Crippen LogP contribution in [0.3, 0.4) is 0 Å². The average molecular weight is 636 g/mol. The predicted octanol–water partition coefficient (Wildman–Crippen LogP) is 9.78. The van der Waals surface area contributed by atoms with E-state index in [1.54, 1.807) is 12.1 Å². The minimum Gasteiger partial charge on any atom is -0.651 e. The number of halogens is 6. The van der Waals surface area contributed by atoms with Gasteiger partial charge in [-0.3, -0.25) is 9.59 Å². The van der Waals surface area contributed by atoms with E-state index < -0.39 is 23.9 Å². The molecule has 1 radical (unpaired) electrons. The van der Waals surface area contributed by atoms with Gasteiger partial charge in [-0.1, -0.05) is 62.0 Å². The van der Waals surface area contributed by atoms with Gasteiger partial charge in [-0.05, 0) is 57.0 Å². The first-order valence-electron chi connectivity index (χ1n) is 11.3. The van der Waals surface area contributed by atoms with Crippen molar-refractivity contribution >= 4 is 46.5 Å². The molecule has 39 heavy (non-hydrogen) atoms. The molecule has 2 aliphatic heterocycles. The first-order chi connectivity index (χ1) is 17.5. The minimum atomic E-state index is -4.85. The number of hydrogen-bond acceptors (Lipinski definition) is 4. The van der Waals surface area contributed by atoms with Crippen molar-refractivity contribution < 1.29 is 53.0 Å². The van der Waals surface area contributed by atoms with Crippen molar-refractivity contribution in [2.75, 3.05) is 0 Å². The van der Waals surface area contributed by atoms with E-state index in [0.717, 1.165) is 44.4 Å². The molecule has 0 spiro atoms. The van der Waals surface area contributed by atoms with E-state index in [4.69, 9.17) is 0 Å². The molecule has 13 heteroatoms. The third-order valence-electron chi connectivity index (χ3n) is 5.26. The number of carbonyl (C=O) groups excluding carboxylic acids is 2. The first-order valence-corrected chi connectivity index (χ1v) is 12.9. The summed E-state index contributed by atoms with van der Waals surface area (Å²) < 4.78 is 72.9. The van der Waals surface area contributed by atoms with Crippen LogP contribution in [0.15, 0.2) is 68.4 Å². The van der Waals surface area contributed by atoms with Crippen LogP contribution in [0, 0.1) is 0 Å². The molecule has 4 nitrogen and oxygen atoms in total. The molecular weight excluding hydrogens is 614 g/mol. The topological polar surface area (TPSA) is 62.3 Å². The maximum absolute atomic E-state index is 12.2. The summed E-state index contributed by atoms with van der Waals surface area (Å²) in [5.74, 6) is -3.10. The number of allylic oxidation sites excluding steroid dienone is 2. The summed E-state index contributed by atoms with van der Waals surface area (Å²) in [6.07, 6.45) is -8.61. The molecule has 0 bridgehead atoms. The summed E-state index contributed by atoms with van der Waals surface area (Å²) in [4.78, 5) is 23.3. The average Bonchev–Trinajstić information content (AvgIpc) is 3.39. The molecule has 0 fully saturated rings. The maximum atomic E-state index is 12.2. The normalized spacial score (nSPS) is 16.2. The van der Waals surface area contributed by atoms with E-state index in [2.05, 4.69) is 10.6 Å². The standard InChI is InChI=1S/2C13H12F3NOS.Cu/c2*1-7(2)8-3-4-9-10(5-8)19-12(17-9)6-11(18)13(14,15)16;/h2*3-7H,1-2H3,(H,17,18);/q;;+2/p-2. The van der Waals surface area contributed by atoms with Crippen molar-refractivity contribution in [1.82, 2.24) is 0 Å². The second-order valence-electron chi connectivity index (χ2n) is 8.88. The van der Waals surface area contributed by atoms with Crippen LogP contribution >= 0.6 is 23.5 Å². The fourth-order valence-corrected chi connectivity index (χ4v) is 5.04. The minimum absolute atomic E-state index is 0. The van der Waals surface area contributed by atoms with Crippen LogP contribution in [-0.4, -0.2) is 23.9 Å². The summed E-state index contributed by atoms with van der Waals surface area (Å²) in [6.45, 7) is 8.12. The summed E-state index contributed by atoms with van der Waals surface area (Å²) in [7, 11) is 0. The second kappa shape index (κ2) is 12.9. The molecule has 0 aromatic heterocycles. The number of hydrogen-bond donors (Lipinski definition) is 0. The predicted molar refractivity (Wildman–Crippen MR) is 137 cm³/mol. The Morgan fingerprint density at radius 3 is 1.31 bits per heavy atom. The fourth-order valence-electron chi connectivity index (χ4n) is 3.15. The zero-order valence-corrected chi connectivity index (χ0v) is 23.4. The quantitative estimate of drug-likeness (QED) is 0.191. The van der Waals surface area contributed by atoms with Gasteiger partial charge in [-0.15, -0.1) is 34.9 Å². The van der Waals surface area contributed by atoms with Crippen molar-refractivity contribution in [2.45, 2.75) is 61.7 Å². The number of rotatable bonds is 4. The SMILES string of the molecule is CC(C)c1ccc2c(c1)S/C(=C/C(=O)C(F)(F)F)[N-]2.CC(C)c1ccc2c(c1)S/C(=C/C(=O)C(F)(F)F)[N-]2.[Cu+2]. The molecule has 0 amide bonds. The molecule has 213 valence electrons. The van der Waals surface area contributed by atoms with Gasteiger partial charge in [0.2, 0.25) is 0 Å². The number of ketones is 2. The van der Waals surface area contributed by atoms with Crippen LogP contribution in [0.4, 0.5) is 37.7 Å². The van der Waals surface area contributed by atoms with E-state index in [1.165, 1.54) is 0 Å². The van der Waals surface area contributed by atoms with Gasteiger partial charge in [0.15, 0.2) is 0 Å². The molecule has 2 aromatic carbocycles. The molecular formula is C26H22CuF6N2O2S2. The second-order valence-corrected chi connectivity index (χ2v) is 11.0. The van der Waals surface area contributed by atoms with Crippen LogP contribution < -0.4 is 0 Å². The van der Waals surface area contributed by atoms with E-state index >= 15 is 0 Å². The summed E-state index contributed by atoms with van der Waals surface area (Å²) in [5.41, 5.74) is 3.39. The van der Waals surface area contributed by atoms with Gasteiger partial charge in [-0.25, -0.2) is 0 Å². The van der Waals surface area contributed by atoms with Crippen molar-refractivity contribution in [3.63, 3.8) is 0 Å². The van der Waals surface area contributed by atoms with Crippen LogP contribution in [-0.2, 0) is 26.7 Å². The Hall–Kier alpha value is -2.34. The third-order valence-corrected chi connectivity index (χ3v) is 7.19. The Morgan fingerprint density at radius 1 is 0.692 bits per heavy atom. The molecule has 4 rings (SSSR count). The van der Waals surface area contributed by atoms with Gasteiger partial charge in [-0.2, -0.15) is 26.3 Å². The molecule has 0 aliphatic carbocycles. The van der Waals surface area contributed by atoms with E-state index in [9.17, 15) is 35.9 Å². The zero-order chi connectivity index (χ0) is 28.4. The number of thioether (sulfide) groups is 2. The number of nitrogens with zero attached hydrogens (tertiary/aromatic N) is 2. The number of fused-ring (bicyclic) bond motifs is 2. The molecule has 0 atom stereocenters. The van der Waals surface area contributed by atoms with Crippen molar-refractivity contribution in [2.24, 2.45) is 0 Å². The van der Waals surface area contributed by atoms with Gasteiger partial charge >= 0.3 is 29.4 Å². The molecule has 0 saturated carbocycles. The summed E-state index contributed by atoms with van der Waals surface area (Å²) >= 11 is 2.17. The maximum Gasteiger partial charge on any atom is 2.00 e. The van der Waals surface area contributed by atoms with Gasteiger partial charge in [0.05, 0.1) is 0 Å². The Kier molecular flexibility index (Phi) is 10.9. The fraction of sp³-hybridized carbons (Fsp3) is 0.308. The van der Waals surface area contributed by atoms with Crippen LogP contribution in [0.1, 0.15) is 50.7 Å². The summed E-state index contributed by atoms with van der Waals surface area (Å²) in [5, 5.41) is 8.18. The molecule has 0 N–H and O–H groups in total. The van der Waals surface area contributed by atoms with Crippen molar-refractivity contribution in [3.8, 4) is 0 Å². The van der Waals surface area contributed by atoms with Crippen LogP contribution in [0.25, 0.3) is 10.6 Å². The Bertz CT molecular complexity index is 1200. The molecule has 2 aliphatic rings. The number of benzene rings is 2. The Balaban J connectivity index is 0.000000267. The molecule has 0 unspecified atom stereocenters. The molecule has 0 saturated heterocycles. The van der Waals surface area contributed by atoms with Gasteiger partial charge in [0.25, 0.3) is 11.6 Å². The largest absolute Gasteiger partial charge is 2.00 e. The van der Waals surface area contributed by atoms with Crippen molar-refractivity contribution in [3.05, 3.63) is 80.4 Å². The Morgan fingerprint density at radius 2 is 1.03 bits per heavy atom. The van der Waals surface area contributed by atoms with Gasteiger partial charge < -0.3 is 10.6 Å². The van der Waals surface area contributed by atoms with E-state index in [0.29, 0.717) is 35.4 Å². The summed E-state index contributed by atoms with van der Waals surface area (Å²) in [6, 6.07) is 11.1. The Labute approximate surface area is 240 Å².